The van der Waals surface area contributed by atoms with Gasteiger partial charge in [0.05, 0.1) is 18.7 Å². The van der Waals surface area contributed by atoms with E-state index in [0.717, 1.165) is 53.8 Å². The molecule has 0 aromatic heterocycles. The average Bonchev–Trinajstić information content (AvgIpc) is 2.92. The molecule has 1 aliphatic heterocycles. The lowest BCUT2D eigenvalue weighted by atomic mass is 9.86. The number of aliphatic imine (C=N–C) groups is 1. The smallest absolute Gasteiger partial charge is 0.338 e. The van der Waals surface area contributed by atoms with Gasteiger partial charge in [-0.25, -0.2) is 4.79 Å². The molecule has 0 amide bonds. The molecule has 0 radical (unpaired) electrons. The minimum Gasteiger partial charge on any atom is -0.465 e. The summed E-state index contributed by atoms with van der Waals surface area (Å²) in [5, 5.41) is 0. The first-order chi connectivity index (χ1) is 17.3. The first kappa shape index (κ1) is 23.6. The van der Waals surface area contributed by atoms with Crippen LogP contribution in [-0.4, -0.2) is 35.9 Å². The van der Waals surface area contributed by atoms with E-state index in [0.29, 0.717) is 17.7 Å². The van der Waals surface area contributed by atoms with Gasteiger partial charge in [-0.05, 0) is 42.9 Å². The zero-order chi connectivity index (χ0) is 24.0. The number of benzene rings is 2. The van der Waals surface area contributed by atoms with Crippen molar-refractivity contribution in [1.82, 2.24) is 4.90 Å². The highest BCUT2D eigenvalue weighted by Gasteiger charge is 2.30. The molecule has 2 saturated carbocycles. The van der Waals surface area contributed by atoms with Crippen molar-refractivity contribution in [1.29, 1.82) is 0 Å². The van der Waals surface area contributed by atoms with E-state index < -0.39 is 0 Å². The molecule has 2 aromatic rings. The standard InChI is InChI=1S/C31H36N2O2/c1-35-31(34)28-21-22-33(25-17-9-4-10-18-25)30(32-24-15-7-3-8-16-24)27-20-12-11-19-26(27)29(28)23-13-5-2-6-14-23/h2,5-6,11-14,19-22,24-25H,3-4,7-10,15-18H2,1H3/b22-21-,29-28+,32-30?. The summed E-state index contributed by atoms with van der Waals surface area (Å²) in [7, 11) is 1.46. The van der Waals surface area contributed by atoms with Crippen molar-refractivity contribution < 1.29 is 9.53 Å². The highest BCUT2D eigenvalue weighted by Crippen LogP contribution is 2.36. The Bertz CT molecular complexity index is 1120. The highest BCUT2D eigenvalue weighted by atomic mass is 16.5. The molecule has 4 heteroatoms. The second-order valence-corrected chi connectivity index (χ2v) is 9.95. The molecule has 2 aromatic carbocycles. The van der Waals surface area contributed by atoms with Gasteiger partial charge in [0.15, 0.2) is 0 Å². The Morgan fingerprint density at radius 2 is 1.46 bits per heavy atom. The van der Waals surface area contributed by atoms with Crippen LogP contribution in [0.2, 0.25) is 0 Å². The van der Waals surface area contributed by atoms with Crippen molar-refractivity contribution in [3.8, 4) is 0 Å². The number of hydrogen-bond acceptors (Lipinski definition) is 3. The number of fused-ring (bicyclic) bond motifs is 1. The second-order valence-electron chi connectivity index (χ2n) is 9.95. The Morgan fingerprint density at radius 3 is 2.14 bits per heavy atom. The molecule has 5 rings (SSSR count). The fourth-order valence-corrected chi connectivity index (χ4v) is 5.86. The van der Waals surface area contributed by atoms with Crippen LogP contribution >= 0.6 is 0 Å². The lowest BCUT2D eigenvalue weighted by Gasteiger charge is -2.37. The monoisotopic (exact) mass is 468 g/mol. The highest BCUT2D eigenvalue weighted by molar-refractivity contribution is 6.11. The van der Waals surface area contributed by atoms with Gasteiger partial charge in [-0.1, -0.05) is 93.1 Å². The van der Waals surface area contributed by atoms with Crippen molar-refractivity contribution in [3.05, 3.63) is 89.1 Å². The van der Waals surface area contributed by atoms with Gasteiger partial charge in [-0.2, -0.15) is 0 Å². The third-order valence-electron chi connectivity index (χ3n) is 7.67. The van der Waals surface area contributed by atoms with Crippen LogP contribution in [0.15, 0.2) is 77.4 Å². The Hall–Kier alpha value is -3.14. The first-order valence-corrected chi connectivity index (χ1v) is 13.3. The Balaban J connectivity index is 1.75. The third-order valence-corrected chi connectivity index (χ3v) is 7.67. The van der Waals surface area contributed by atoms with Crippen molar-refractivity contribution >= 4 is 17.4 Å². The lowest BCUT2D eigenvalue weighted by Crippen LogP contribution is -2.40. The van der Waals surface area contributed by atoms with Gasteiger partial charge in [0.1, 0.15) is 5.84 Å². The zero-order valence-electron chi connectivity index (χ0n) is 20.8. The number of amidine groups is 1. The van der Waals surface area contributed by atoms with Crippen molar-refractivity contribution in [2.24, 2.45) is 4.99 Å². The van der Waals surface area contributed by atoms with Gasteiger partial charge in [0.25, 0.3) is 0 Å². The molecule has 0 atom stereocenters. The summed E-state index contributed by atoms with van der Waals surface area (Å²) < 4.78 is 5.29. The van der Waals surface area contributed by atoms with Crippen LogP contribution < -0.4 is 0 Å². The number of methoxy groups -OCH3 is 1. The summed E-state index contributed by atoms with van der Waals surface area (Å²) in [6, 6.07) is 19.4. The molecule has 1 heterocycles. The summed E-state index contributed by atoms with van der Waals surface area (Å²) in [6.07, 6.45) is 16.3. The maximum Gasteiger partial charge on any atom is 0.338 e. The quantitative estimate of drug-likeness (QED) is 0.458. The predicted molar refractivity (Wildman–Crippen MR) is 142 cm³/mol. The Labute approximate surface area is 209 Å². The number of carbonyl (C=O) groups excluding carboxylic acids is 1. The minimum absolute atomic E-state index is 0.314. The summed E-state index contributed by atoms with van der Waals surface area (Å²) >= 11 is 0. The topological polar surface area (TPSA) is 41.9 Å². The van der Waals surface area contributed by atoms with Crippen molar-refractivity contribution in [2.45, 2.75) is 76.3 Å². The molecule has 35 heavy (non-hydrogen) atoms. The molecule has 0 spiro atoms. The van der Waals surface area contributed by atoms with E-state index in [-0.39, 0.29) is 5.97 Å². The first-order valence-electron chi connectivity index (χ1n) is 13.3. The number of hydrogen-bond donors (Lipinski definition) is 0. The van der Waals surface area contributed by atoms with Crippen LogP contribution in [0.4, 0.5) is 0 Å². The van der Waals surface area contributed by atoms with Gasteiger partial charge >= 0.3 is 5.97 Å². The van der Waals surface area contributed by atoms with E-state index in [4.69, 9.17) is 9.73 Å². The molecule has 0 saturated heterocycles. The normalized spacial score (nSPS) is 23.9. The Kier molecular flexibility index (Phi) is 7.46. The molecular weight excluding hydrogens is 432 g/mol. The van der Waals surface area contributed by atoms with Crippen LogP contribution in [0.3, 0.4) is 0 Å². The third kappa shape index (κ3) is 5.12. The minimum atomic E-state index is -0.314. The van der Waals surface area contributed by atoms with Crippen molar-refractivity contribution in [3.63, 3.8) is 0 Å². The van der Waals surface area contributed by atoms with Gasteiger partial charge in [-0.3, -0.25) is 4.99 Å². The maximum atomic E-state index is 13.1. The van der Waals surface area contributed by atoms with E-state index in [1.807, 2.05) is 24.3 Å². The SMILES string of the molecule is COC(=O)C1=C(\c2ccccc2)c2ccccc2C(=NC2CCCCC2)N(C2CCCCC2)/C=C\1. The van der Waals surface area contributed by atoms with Crippen molar-refractivity contribution in [2.75, 3.05) is 7.11 Å². The predicted octanol–water partition coefficient (Wildman–Crippen LogP) is 6.90. The summed E-state index contributed by atoms with van der Waals surface area (Å²) in [6.45, 7) is 0. The number of nitrogens with zero attached hydrogens (tertiary/aromatic N) is 2. The van der Waals surface area contributed by atoms with Crippen LogP contribution in [-0.2, 0) is 9.53 Å². The van der Waals surface area contributed by atoms with Crippen LogP contribution in [0.25, 0.3) is 5.57 Å². The molecule has 2 aliphatic carbocycles. The lowest BCUT2D eigenvalue weighted by molar-refractivity contribution is -0.135. The average molecular weight is 469 g/mol. The molecular formula is C31H36N2O2. The van der Waals surface area contributed by atoms with E-state index in [1.54, 1.807) is 0 Å². The summed E-state index contributed by atoms with van der Waals surface area (Å²) in [5.74, 6) is 0.749. The van der Waals surface area contributed by atoms with Crippen LogP contribution in [0.1, 0.15) is 80.9 Å². The Morgan fingerprint density at radius 1 is 0.829 bits per heavy atom. The number of esters is 1. The molecule has 0 unspecified atom stereocenters. The molecule has 2 fully saturated rings. The number of carbonyl (C=O) groups is 1. The fraction of sp³-hybridized carbons (Fsp3) is 0.419. The molecule has 0 N–H and O–H groups in total. The van der Waals surface area contributed by atoms with Gasteiger partial charge in [0, 0.05) is 23.4 Å². The molecule has 0 bridgehead atoms. The van der Waals surface area contributed by atoms with Crippen LogP contribution in [0.5, 0.6) is 0 Å². The number of rotatable bonds is 4. The van der Waals surface area contributed by atoms with E-state index >= 15 is 0 Å². The molecule has 4 nitrogen and oxygen atoms in total. The van der Waals surface area contributed by atoms with E-state index in [1.165, 1.54) is 45.6 Å². The zero-order valence-corrected chi connectivity index (χ0v) is 20.8. The van der Waals surface area contributed by atoms with E-state index in [2.05, 4.69) is 47.5 Å². The molecule has 182 valence electrons. The summed E-state index contributed by atoms with van der Waals surface area (Å²) in [5.41, 5.74) is 4.65. The second kappa shape index (κ2) is 11.1. The fourth-order valence-electron chi connectivity index (χ4n) is 5.86. The largest absolute Gasteiger partial charge is 0.465 e. The summed E-state index contributed by atoms with van der Waals surface area (Å²) in [4.78, 5) is 21.0. The van der Waals surface area contributed by atoms with Gasteiger partial charge in [0.2, 0.25) is 0 Å². The van der Waals surface area contributed by atoms with Gasteiger partial charge < -0.3 is 9.64 Å². The number of ether oxygens (including phenoxy) is 1. The van der Waals surface area contributed by atoms with E-state index in [9.17, 15) is 4.79 Å². The van der Waals surface area contributed by atoms with Crippen LogP contribution in [0, 0.1) is 0 Å². The van der Waals surface area contributed by atoms with Gasteiger partial charge in [-0.15, -0.1) is 0 Å². The molecule has 3 aliphatic rings. The maximum absolute atomic E-state index is 13.1.